The van der Waals surface area contributed by atoms with E-state index in [1.165, 1.54) is 30.6 Å². The van der Waals surface area contributed by atoms with Crippen LogP contribution in [-0.4, -0.2) is 34.4 Å². The van der Waals surface area contributed by atoms with Gasteiger partial charge in [0.2, 0.25) is 0 Å². The Hall–Kier alpha value is -0.190. The summed E-state index contributed by atoms with van der Waals surface area (Å²) >= 11 is 5.35. The Balaban J connectivity index is 1.68. The molecule has 2 bridgehead atoms. The quantitative estimate of drug-likeness (QED) is 0.891. The standard InChI is InChI=1S/C14H18BrNOS/c1-16-9-2-3-10(16)7-12(6-9)18-11-4-5-14(17)13(15)8-11/h4-5,8-10,12,17H,2-3,6-7H2,1H3. The molecule has 1 aromatic rings. The van der Waals surface area contributed by atoms with Crippen LogP contribution in [0.4, 0.5) is 0 Å². The van der Waals surface area contributed by atoms with E-state index in [1.807, 2.05) is 23.9 Å². The number of nitrogens with zero attached hydrogens (tertiary/aromatic N) is 1. The number of thioether (sulfide) groups is 1. The van der Waals surface area contributed by atoms with Crippen LogP contribution in [0.15, 0.2) is 27.6 Å². The molecule has 0 spiro atoms. The molecule has 2 saturated heterocycles. The molecule has 0 amide bonds. The molecule has 0 saturated carbocycles. The topological polar surface area (TPSA) is 23.5 Å². The lowest BCUT2D eigenvalue weighted by molar-refractivity contribution is 0.183. The number of hydrogen-bond acceptors (Lipinski definition) is 3. The van der Waals surface area contributed by atoms with Gasteiger partial charge in [-0.1, -0.05) is 0 Å². The Morgan fingerprint density at radius 2 is 1.94 bits per heavy atom. The van der Waals surface area contributed by atoms with E-state index < -0.39 is 0 Å². The largest absolute Gasteiger partial charge is 0.507 e. The number of aromatic hydroxyl groups is 1. The smallest absolute Gasteiger partial charge is 0.129 e. The van der Waals surface area contributed by atoms with E-state index in [0.717, 1.165) is 21.8 Å². The highest BCUT2D eigenvalue weighted by Gasteiger charge is 2.38. The third-order valence-corrected chi connectivity index (χ3v) is 6.16. The number of halogens is 1. The SMILES string of the molecule is CN1C2CCC1CC(Sc1ccc(O)c(Br)c1)C2. The van der Waals surface area contributed by atoms with Crippen LogP contribution in [0.1, 0.15) is 25.7 Å². The first-order chi connectivity index (χ1) is 8.63. The van der Waals surface area contributed by atoms with E-state index in [0.29, 0.717) is 5.75 Å². The zero-order valence-electron chi connectivity index (χ0n) is 10.5. The Bertz CT molecular complexity index is 439. The lowest BCUT2D eigenvalue weighted by Crippen LogP contribution is -2.40. The molecular formula is C14H18BrNOS. The number of rotatable bonds is 2. The van der Waals surface area contributed by atoms with Crippen molar-refractivity contribution < 1.29 is 5.11 Å². The molecule has 0 aliphatic carbocycles. The Labute approximate surface area is 121 Å². The number of fused-ring (bicyclic) bond motifs is 2. The van der Waals surface area contributed by atoms with Gasteiger partial charge in [-0.2, -0.15) is 0 Å². The highest BCUT2D eigenvalue weighted by molar-refractivity contribution is 9.10. The average molecular weight is 328 g/mol. The summed E-state index contributed by atoms with van der Waals surface area (Å²) < 4.78 is 0.795. The first-order valence-corrected chi connectivity index (χ1v) is 8.18. The van der Waals surface area contributed by atoms with Gasteiger partial charge in [0.25, 0.3) is 0 Å². The van der Waals surface area contributed by atoms with Crippen LogP contribution in [0.5, 0.6) is 5.75 Å². The second kappa shape index (κ2) is 5.06. The van der Waals surface area contributed by atoms with Crippen LogP contribution in [0.3, 0.4) is 0 Å². The summed E-state index contributed by atoms with van der Waals surface area (Å²) in [7, 11) is 2.28. The Kier molecular flexibility index (Phi) is 3.61. The van der Waals surface area contributed by atoms with Crippen molar-refractivity contribution in [3.05, 3.63) is 22.7 Å². The molecule has 2 aliphatic heterocycles. The summed E-state index contributed by atoms with van der Waals surface area (Å²) in [5, 5.41) is 10.2. The lowest BCUT2D eigenvalue weighted by Gasteiger charge is -2.36. The van der Waals surface area contributed by atoms with Crippen molar-refractivity contribution in [2.75, 3.05) is 7.05 Å². The van der Waals surface area contributed by atoms with Gasteiger partial charge in [0.05, 0.1) is 4.47 Å². The maximum atomic E-state index is 9.52. The molecular weight excluding hydrogens is 310 g/mol. The van der Waals surface area contributed by atoms with Crippen LogP contribution < -0.4 is 0 Å². The fraction of sp³-hybridized carbons (Fsp3) is 0.571. The van der Waals surface area contributed by atoms with Crippen molar-refractivity contribution in [1.82, 2.24) is 4.90 Å². The Morgan fingerprint density at radius 1 is 1.28 bits per heavy atom. The van der Waals surface area contributed by atoms with Crippen LogP contribution in [-0.2, 0) is 0 Å². The fourth-order valence-corrected chi connectivity index (χ4v) is 5.10. The van der Waals surface area contributed by atoms with Crippen LogP contribution in [0.2, 0.25) is 0 Å². The first kappa shape index (κ1) is 12.8. The second-order valence-corrected chi connectivity index (χ2v) is 7.60. The summed E-state index contributed by atoms with van der Waals surface area (Å²) in [5.41, 5.74) is 0. The van der Waals surface area contributed by atoms with Crippen molar-refractivity contribution in [2.24, 2.45) is 0 Å². The molecule has 2 nitrogen and oxygen atoms in total. The number of phenolic OH excluding ortho intramolecular Hbond substituents is 1. The van der Waals surface area contributed by atoms with Crippen molar-refractivity contribution in [3.63, 3.8) is 0 Å². The summed E-state index contributed by atoms with van der Waals surface area (Å²) in [6, 6.07) is 7.41. The predicted octanol–water partition coefficient (Wildman–Crippen LogP) is 3.87. The zero-order valence-corrected chi connectivity index (χ0v) is 12.9. The van der Waals surface area contributed by atoms with Gasteiger partial charge in [-0.15, -0.1) is 11.8 Å². The second-order valence-electron chi connectivity index (χ2n) is 5.37. The maximum absolute atomic E-state index is 9.52. The van der Waals surface area contributed by atoms with Crippen molar-refractivity contribution in [3.8, 4) is 5.75 Å². The molecule has 2 heterocycles. The summed E-state index contributed by atoms with van der Waals surface area (Å²) in [6.45, 7) is 0. The summed E-state index contributed by atoms with van der Waals surface area (Å²) in [4.78, 5) is 3.83. The van der Waals surface area contributed by atoms with E-state index in [-0.39, 0.29) is 0 Å². The molecule has 2 aliphatic rings. The normalized spacial score (nSPS) is 31.8. The van der Waals surface area contributed by atoms with E-state index in [9.17, 15) is 5.11 Å². The van der Waals surface area contributed by atoms with Crippen LogP contribution in [0.25, 0.3) is 0 Å². The van der Waals surface area contributed by atoms with Gasteiger partial charge in [-0.05, 0) is 66.9 Å². The fourth-order valence-electron chi connectivity index (χ4n) is 3.21. The predicted molar refractivity (Wildman–Crippen MR) is 79.3 cm³/mol. The molecule has 2 atom stereocenters. The molecule has 1 aromatic carbocycles. The number of hydrogen-bond donors (Lipinski definition) is 1. The van der Waals surface area contributed by atoms with Gasteiger partial charge in [0.15, 0.2) is 0 Å². The van der Waals surface area contributed by atoms with Gasteiger partial charge in [-0.3, -0.25) is 0 Å². The molecule has 1 N–H and O–H groups in total. The van der Waals surface area contributed by atoms with E-state index in [1.54, 1.807) is 6.07 Å². The number of phenols is 1. The highest BCUT2D eigenvalue weighted by atomic mass is 79.9. The highest BCUT2D eigenvalue weighted by Crippen LogP contribution is 2.42. The molecule has 0 radical (unpaired) electrons. The lowest BCUT2D eigenvalue weighted by atomic mass is 10.0. The van der Waals surface area contributed by atoms with Gasteiger partial charge < -0.3 is 10.0 Å². The van der Waals surface area contributed by atoms with Crippen LogP contribution >= 0.6 is 27.7 Å². The maximum Gasteiger partial charge on any atom is 0.129 e. The molecule has 2 fully saturated rings. The van der Waals surface area contributed by atoms with E-state index >= 15 is 0 Å². The third-order valence-electron chi connectivity index (χ3n) is 4.28. The van der Waals surface area contributed by atoms with Crippen molar-refractivity contribution >= 4 is 27.7 Å². The number of benzene rings is 1. The van der Waals surface area contributed by atoms with Gasteiger partial charge in [-0.25, -0.2) is 0 Å². The summed E-state index contributed by atoms with van der Waals surface area (Å²) in [6.07, 6.45) is 5.35. The van der Waals surface area contributed by atoms with Crippen LogP contribution in [0, 0.1) is 0 Å². The Morgan fingerprint density at radius 3 is 2.56 bits per heavy atom. The van der Waals surface area contributed by atoms with Gasteiger partial charge in [0.1, 0.15) is 5.75 Å². The first-order valence-electron chi connectivity index (χ1n) is 6.50. The summed E-state index contributed by atoms with van der Waals surface area (Å²) in [5.74, 6) is 0.322. The zero-order chi connectivity index (χ0) is 12.7. The molecule has 2 unspecified atom stereocenters. The molecule has 0 aromatic heterocycles. The molecule has 3 rings (SSSR count). The van der Waals surface area contributed by atoms with Gasteiger partial charge >= 0.3 is 0 Å². The minimum absolute atomic E-state index is 0.322. The molecule has 4 heteroatoms. The monoisotopic (exact) mass is 327 g/mol. The molecule has 98 valence electrons. The minimum atomic E-state index is 0.322. The van der Waals surface area contributed by atoms with Gasteiger partial charge in [0, 0.05) is 22.2 Å². The van der Waals surface area contributed by atoms with Crippen molar-refractivity contribution in [1.29, 1.82) is 0 Å². The van der Waals surface area contributed by atoms with Crippen molar-refractivity contribution in [2.45, 2.75) is 47.9 Å². The minimum Gasteiger partial charge on any atom is -0.507 e. The third kappa shape index (κ3) is 2.43. The van der Waals surface area contributed by atoms with E-state index in [4.69, 9.17) is 0 Å². The molecule has 18 heavy (non-hydrogen) atoms. The van der Waals surface area contributed by atoms with E-state index in [2.05, 4.69) is 27.9 Å². The number of piperidine rings is 1. The average Bonchev–Trinajstić information content (AvgIpc) is 2.58.